The summed E-state index contributed by atoms with van der Waals surface area (Å²) in [5, 5.41) is 0. The lowest BCUT2D eigenvalue weighted by Gasteiger charge is -2.49. The molecule has 0 N–H and O–H groups in total. The van der Waals surface area contributed by atoms with Crippen LogP contribution in [0.2, 0.25) is 0 Å². The Morgan fingerprint density at radius 1 is 0.254 bits per heavy atom. The van der Waals surface area contributed by atoms with E-state index in [0.29, 0.717) is 35.5 Å². The fourth-order valence-electron chi connectivity index (χ4n) is 37.0. The van der Waals surface area contributed by atoms with Crippen LogP contribution < -0.4 is 4.90 Å². The van der Waals surface area contributed by atoms with Crippen molar-refractivity contribution in [2.45, 2.75) is 364 Å². The predicted octanol–water partition coefficient (Wildman–Crippen LogP) is 35.5. The number of unbranched alkanes of at least 4 members (excludes halogenated alkanes) is 30. The molecule has 5 fully saturated rings. The Kier molecular flexibility index (Phi) is 21.2. The standard InChI is InChI=1S/C129H155N/c1-7-13-19-25-31-39-65-127(66-40-32-26-20-14-8-2)99-46-38-37-45-83(99)84-52-47-78(71-100(84)127)79-48-53-85-86-54-49-80(73-102(86)128(101(85)72-79,67-41-33-27-21-15-9-3)68-42-34-28-22-16-10-4)81-50-55-87-88-56-51-82(75-104(88)129(103(87)74-81,69-43-35-29-23-17-11-5)70-44-36-30-24-18-12-6)130-76-97-98(77-130)106-96-64-62-94-92-60-58-90-89-57-59-91-93-61-63-95-105(97)115-116(106)121-114(96)112(94)119-110(92)108(90)117-107(89)109(91)118-111(93)113(95)120(115)125-123(118)122(117)124(119)126(121)125/h37-38,45-57,59,61-64,71-75,89-98,105-107,109,111-116H,7-36,39-44,58,60,65-70,76-77H2,1-6H3. The third-order valence-electron chi connectivity index (χ3n) is 41.8. The van der Waals surface area contributed by atoms with Crippen LogP contribution in [0.25, 0.3) is 66.8 Å². The van der Waals surface area contributed by atoms with Gasteiger partial charge in [-0.2, -0.15) is 0 Å². The Balaban J connectivity index is 0.574. The average molecular weight is 1720 g/mol. The highest BCUT2D eigenvalue weighted by Gasteiger charge is 2.78. The summed E-state index contributed by atoms with van der Waals surface area (Å²) in [6, 6.07) is 50.6. The number of rotatable bonds is 45. The van der Waals surface area contributed by atoms with Gasteiger partial charge in [0.2, 0.25) is 0 Å². The first-order valence-electron chi connectivity index (χ1n) is 56.4. The van der Waals surface area contributed by atoms with Crippen molar-refractivity contribution in [1.82, 2.24) is 0 Å². The van der Waals surface area contributed by atoms with E-state index in [2.05, 4.69) is 215 Å². The van der Waals surface area contributed by atoms with Gasteiger partial charge in [0.15, 0.2) is 0 Å². The minimum absolute atomic E-state index is 0.0409. The molecule has 1 nitrogen and oxygen atoms in total. The summed E-state index contributed by atoms with van der Waals surface area (Å²) in [6.45, 7) is 16.9. The van der Waals surface area contributed by atoms with E-state index in [-0.39, 0.29) is 16.2 Å². The second-order valence-corrected chi connectivity index (χ2v) is 47.6. The Morgan fingerprint density at radius 2 is 0.546 bits per heavy atom. The fourth-order valence-corrected chi connectivity index (χ4v) is 37.0. The van der Waals surface area contributed by atoms with Gasteiger partial charge in [-0.1, -0.05) is 405 Å². The lowest BCUT2D eigenvalue weighted by atomic mass is 9.54. The van der Waals surface area contributed by atoms with Crippen molar-refractivity contribution in [1.29, 1.82) is 0 Å². The van der Waals surface area contributed by atoms with E-state index < -0.39 is 0 Å². The lowest BCUT2D eigenvalue weighted by Crippen LogP contribution is -2.46. The molecule has 20 atom stereocenters. The molecule has 7 aromatic rings. The number of nitrogens with zero attached hydrogens (tertiary/aromatic N) is 1. The molecule has 1 saturated heterocycles. The van der Waals surface area contributed by atoms with Gasteiger partial charge < -0.3 is 4.90 Å². The fraction of sp³-hybridized carbons (Fsp3) is 0.581. The summed E-state index contributed by atoms with van der Waals surface area (Å²) in [7, 11) is 0. The van der Waals surface area contributed by atoms with E-state index in [9.17, 15) is 0 Å². The van der Waals surface area contributed by atoms with Gasteiger partial charge in [0.25, 0.3) is 0 Å². The van der Waals surface area contributed by atoms with Gasteiger partial charge in [-0.05, 0) is 345 Å². The molecule has 676 valence electrons. The van der Waals surface area contributed by atoms with Gasteiger partial charge in [0.05, 0.1) is 0 Å². The monoisotopic (exact) mass is 1720 g/mol. The van der Waals surface area contributed by atoms with Gasteiger partial charge in [-0.15, -0.1) is 0 Å². The Bertz CT molecular complexity index is 5790. The normalized spacial score (nSPS) is 30.6. The van der Waals surface area contributed by atoms with Crippen LogP contribution >= 0.6 is 0 Å². The molecule has 0 radical (unpaired) electrons. The van der Waals surface area contributed by atoms with Crippen molar-refractivity contribution < 1.29 is 0 Å². The molecule has 26 rings (SSSR count). The van der Waals surface area contributed by atoms with Crippen molar-refractivity contribution in [3.05, 3.63) is 241 Å². The number of hydrogen-bond donors (Lipinski definition) is 0. The second kappa shape index (κ2) is 33.1. The Morgan fingerprint density at radius 3 is 0.938 bits per heavy atom. The number of anilines is 1. The number of allylic oxidation sites excluding steroid dienone is 12. The first-order valence-corrected chi connectivity index (χ1v) is 56.4. The van der Waals surface area contributed by atoms with Crippen LogP contribution in [0.1, 0.15) is 414 Å². The zero-order chi connectivity index (χ0) is 86.6. The SMILES string of the molecule is CCCCCCCCC1(CCCCCCCC)c2ccccc2-c2ccc(-c3ccc4c(c3)C(CCCCCCCC)(CCCCCCCC)c3cc(-c5ccc6c(c5)C(CCCCCCCC)(CCCCCCCC)c5cc(N7CC8C(C7)C7C9C=CC%10C%11CCC%12c%13c%11c%11c%14c%15c%13C%13C%12C=CC%12C%16C=CC%17C%18C%19=C(C%15=C(C%16%18)C%12%13)C%14=C(C9C%11%10)C7C%19C%178)ccc5-6)ccc3-4)cc21. The molecule has 20 unspecified atom stereocenters. The maximum absolute atomic E-state index is 3.13. The van der Waals surface area contributed by atoms with Gasteiger partial charge >= 0.3 is 0 Å². The number of fused-ring (bicyclic) bond motifs is 17. The summed E-state index contributed by atoms with van der Waals surface area (Å²) in [5.41, 5.74) is 50.3. The van der Waals surface area contributed by atoms with Crippen LogP contribution in [0.3, 0.4) is 0 Å². The highest BCUT2D eigenvalue weighted by atomic mass is 15.2. The van der Waals surface area contributed by atoms with Crippen LogP contribution in [-0.2, 0) is 16.2 Å². The molecule has 0 spiro atoms. The van der Waals surface area contributed by atoms with E-state index in [0.717, 1.165) is 82.9 Å². The summed E-state index contributed by atoms with van der Waals surface area (Å²) in [6.07, 6.45) is 76.4. The highest BCUT2D eigenvalue weighted by molar-refractivity contribution is 6.16. The molecule has 1 aliphatic heterocycles. The minimum Gasteiger partial charge on any atom is -0.371 e. The van der Waals surface area contributed by atoms with Crippen LogP contribution in [-0.4, -0.2) is 13.1 Å². The molecule has 1 heterocycles. The quantitative estimate of drug-likeness (QED) is 0.0272. The average Bonchev–Trinajstić information content (AvgIpc) is 1.43. The number of hydrogen-bond acceptors (Lipinski definition) is 1. The number of benzene rings is 7. The van der Waals surface area contributed by atoms with E-state index in [1.807, 2.05) is 50.1 Å². The maximum atomic E-state index is 3.13. The van der Waals surface area contributed by atoms with Crippen LogP contribution in [0.4, 0.5) is 5.69 Å². The molecule has 19 aliphatic rings. The van der Waals surface area contributed by atoms with E-state index in [4.69, 9.17) is 0 Å². The van der Waals surface area contributed by atoms with Gasteiger partial charge in [0.1, 0.15) is 0 Å². The molecule has 0 amide bonds. The van der Waals surface area contributed by atoms with E-state index in [1.165, 1.54) is 340 Å². The van der Waals surface area contributed by atoms with Crippen molar-refractivity contribution in [2.24, 2.45) is 94.7 Å². The molecule has 7 aromatic carbocycles. The van der Waals surface area contributed by atoms with Crippen LogP contribution in [0.15, 0.2) is 174 Å². The summed E-state index contributed by atoms with van der Waals surface area (Å²) >= 11 is 0. The molecule has 0 aromatic heterocycles. The summed E-state index contributed by atoms with van der Waals surface area (Å²) in [4.78, 5) is 3.13. The van der Waals surface area contributed by atoms with E-state index in [1.54, 1.807) is 50.2 Å². The lowest BCUT2D eigenvalue weighted by molar-refractivity contribution is 0.0318. The smallest absolute Gasteiger partial charge is 0.0369 e. The molecule has 0 bridgehead atoms. The van der Waals surface area contributed by atoms with E-state index >= 15 is 0 Å². The van der Waals surface area contributed by atoms with Crippen molar-refractivity contribution in [3.63, 3.8) is 0 Å². The molecule has 130 heavy (non-hydrogen) atoms. The van der Waals surface area contributed by atoms with Crippen molar-refractivity contribution >= 4 is 16.8 Å². The van der Waals surface area contributed by atoms with Gasteiger partial charge in [0, 0.05) is 35.0 Å². The third kappa shape index (κ3) is 11.8. The molecule has 18 aliphatic carbocycles. The van der Waals surface area contributed by atoms with Gasteiger partial charge in [-0.3, -0.25) is 0 Å². The molecular weight excluding hydrogens is 1560 g/mol. The largest absolute Gasteiger partial charge is 0.371 e. The van der Waals surface area contributed by atoms with Crippen LogP contribution in [0.5, 0.6) is 0 Å². The summed E-state index contributed by atoms with van der Waals surface area (Å²) in [5.74, 6) is 14.4. The third-order valence-corrected chi connectivity index (χ3v) is 41.8. The zero-order valence-corrected chi connectivity index (χ0v) is 81.0. The first kappa shape index (κ1) is 83.4. The predicted molar refractivity (Wildman–Crippen MR) is 547 cm³/mol. The maximum Gasteiger partial charge on any atom is 0.0369 e. The summed E-state index contributed by atoms with van der Waals surface area (Å²) < 4.78 is 0. The Labute approximate surface area is 784 Å². The van der Waals surface area contributed by atoms with Crippen LogP contribution in [0, 0.1) is 94.7 Å². The second-order valence-electron chi connectivity index (χ2n) is 47.6. The first-order chi connectivity index (χ1) is 64.3. The van der Waals surface area contributed by atoms with Crippen molar-refractivity contribution in [2.75, 3.05) is 18.0 Å². The van der Waals surface area contributed by atoms with Crippen molar-refractivity contribution in [3.8, 4) is 55.6 Å². The van der Waals surface area contributed by atoms with Gasteiger partial charge in [-0.25, -0.2) is 0 Å². The Hall–Kier alpha value is -7.22. The molecule has 1 heteroatoms. The minimum atomic E-state index is -0.0623. The topological polar surface area (TPSA) is 3.24 Å². The zero-order valence-electron chi connectivity index (χ0n) is 81.0. The molecule has 4 saturated carbocycles. The highest BCUT2D eigenvalue weighted by Crippen LogP contribution is 2.87. The molecular formula is C129H155N.